The van der Waals surface area contributed by atoms with Gasteiger partial charge in [0.1, 0.15) is 0 Å². The molecule has 2 aromatic rings. The van der Waals surface area contributed by atoms with Crippen LogP contribution in [-0.4, -0.2) is 39.9 Å². The van der Waals surface area contributed by atoms with Gasteiger partial charge < -0.3 is 24.8 Å². The molecule has 0 spiro atoms. The molecule has 166 valence electrons. The zero-order valence-corrected chi connectivity index (χ0v) is 20.9. The predicted molar refractivity (Wildman–Crippen MR) is 134 cm³/mol. The van der Waals surface area contributed by atoms with E-state index in [-0.39, 0.29) is 24.0 Å². The van der Waals surface area contributed by atoms with Crippen molar-refractivity contribution < 1.29 is 14.2 Å². The van der Waals surface area contributed by atoms with E-state index < -0.39 is 0 Å². The van der Waals surface area contributed by atoms with E-state index >= 15 is 0 Å². The summed E-state index contributed by atoms with van der Waals surface area (Å²) in [7, 11) is 4.84. The van der Waals surface area contributed by atoms with Gasteiger partial charge in [-0.15, -0.1) is 24.0 Å². The number of halogens is 1. The molecule has 0 fully saturated rings. The lowest BCUT2D eigenvalue weighted by Crippen LogP contribution is -2.42. The van der Waals surface area contributed by atoms with Gasteiger partial charge in [-0.3, -0.25) is 0 Å². The number of aliphatic imine (C=N–C) groups is 1. The molecule has 1 atom stereocenters. The Balaban J connectivity index is 0.00000450. The predicted octanol–water partition coefficient (Wildman–Crippen LogP) is 4.41. The summed E-state index contributed by atoms with van der Waals surface area (Å²) in [5, 5.41) is 6.80. The molecule has 2 aromatic carbocycles. The van der Waals surface area contributed by atoms with Crippen LogP contribution in [0.1, 0.15) is 31.4 Å². The van der Waals surface area contributed by atoms with Gasteiger partial charge in [0.25, 0.3) is 0 Å². The summed E-state index contributed by atoms with van der Waals surface area (Å²) < 4.78 is 16.4. The molecule has 0 bridgehead atoms. The van der Waals surface area contributed by atoms with E-state index in [0.29, 0.717) is 29.8 Å². The Morgan fingerprint density at radius 2 is 1.67 bits per heavy atom. The summed E-state index contributed by atoms with van der Waals surface area (Å²) in [5.74, 6) is 2.64. The van der Waals surface area contributed by atoms with E-state index in [1.54, 1.807) is 21.3 Å². The molecule has 0 aliphatic heterocycles. The van der Waals surface area contributed by atoms with Gasteiger partial charge in [-0.25, -0.2) is 4.99 Å². The highest BCUT2D eigenvalue weighted by Crippen LogP contribution is 2.39. The molecule has 0 aliphatic rings. The Morgan fingerprint density at radius 1 is 0.967 bits per heavy atom. The average Bonchev–Trinajstić information content (AvgIpc) is 2.76. The van der Waals surface area contributed by atoms with Crippen molar-refractivity contribution in [3.63, 3.8) is 0 Å². The second-order valence-electron chi connectivity index (χ2n) is 6.76. The lowest BCUT2D eigenvalue weighted by Gasteiger charge is -2.19. The summed E-state index contributed by atoms with van der Waals surface area (Å²) in [6, 6.07) is 14.6. The number of benzene rings is 2. The van der Waals surface area contributed by atoms with Crippen LogP contribution >= 0.6 is 24.0 Å². The van der Waals surface area contributed by atoms with Crippen molar-refractivity contribution >= 4 is 29.9 Å². The quantitative estimate of drug-likeness (QED) is 0.273. The number of methoxy groups -OCH3 is 3. The molecule has 7 heteroatoms. The number of rotatable bonds is 10. The topological polar surface area (TPSA) is 64.1 Å². The first kappa shape index (κ1) is 25.9. The van der Waals surface area contributed by atoms with Crippen LogP contribution in [0.15, 0.2) is 47.5 Å². The minimum atomic E-state index is 0. The molecule has 0 saturated heterocycles. The first-order valence-electron chi connectivity index (χ1n) is 9.99. The van der Waals surface area contributed by atoms with Crippen LogP contribution in [0.4, 0.5) is 0 Å². The molecule has 0 amide bonds. The van der Waals surface area contributed by atoms with Crippen LogP contribution in [0, 0.1) is 0 Å². The normalized spacial score (nSPS) is 11.8. The Kier molecular flexibility index (Phi) is 12.0. The van der Waals surface area contributed by atoms with Gasteiger partial charge in [0.15, 0.2) is 17.5 Å². The first-order chi connectivity index (χ1) is 14.1. The fourth-order valence-electron chi connectivity index (χ4n) is 3.11. The lowest BCUT2D eigenvalue weighted by molar-refractivity contribution is 0.322. The lowest BCUT2D eigenvalue weighted by atomic mass is 10.1. The maximum Gasteiger partial charge on any atom is 0.203 e. The molecule has 6 nitrogen and oxygen atoms in total. The third-order valence-corrected chi connectivity index (χ3v) is 4.63. The second-order valence-corrected chi connectivity index (χ2v) is 6.76. The fraction of sp³-hybridized carbons (Fsp3) is 0.435. The standard InChI is InChI=1S/C23H33N3O3.HI/c1-6-24-23(26-17(2)12-13-18-10-8-7-9-11-18)25-16-19-14-15-20(27-3)22(29-5)21(19)28-4;/h7-11,14-15,17H,6,12-13,16H2,1-5H3,(H2,24,25,26);1H. The highest BCUT2D eigenvalue weighted by molar-refractivity contribution is 14.0. The van der Waals surface area contributed by atoms with Gasteiger partial charge in [0.2, 0.25) is 5.75 Å². The van der Waals surface area contributed by atoms with Crippen molar-refractivity contribution in [3.05, 3.63) is 53.6 Å². The molecule has 0 aromatic heterocycles. The Hall–Kier alpha value is -2.16. The Morgan fingerprint density at radius 3 is 2.27 bits per heavy atom. The van der Waals surface area contributed by atoms with Crippen LogP contribution in [0.5, 0.6) is 17.2 Å². The zero-order valence-electron chi connectivity index (χ0n) is 18.5. The monoisotopic (exact) mass is 527 g/mol. The van der Waals surface area contributed by atoms with Crippen LogP contribution in [-0.2, 0) is 13.0 Å². The number of nitrogens with one attached hydrogen (secondary N) is 2. The largest absolute Gasteiger partial charge is 0.493 e. The highest BCUT2D eigenvalue weighted by Gasteiger charge is 2.15. The van der Waals surface area contributed by atoms with Gasteiger partial charge in [-0.1, -0.05) is 30.3 Å². The van der Waals surface area contributed by atoms with E-state index in [9.17, 15) is 0 Å². The minimum absolute atomic E-state index is 0. The summed E-state index contributed by atoms with van der Waals surface area (Å²) in [4.78, 5) is 4.74. The molecule has 0 radical (unpaired) electrons. The molecular formula is C23H34IN3O3. The van der Waals surface area contributed by atoms with E-state index in [1.165, 1.54) is 5.56 Å². The number of hydrogen-bond donors (Lipinski definition) is 2. The van der Waals surface area contributed by atoms with Crippen molar-refractivity contribution in [2.45, 2.75) is 39.3 Å². The first-order valence-corrected chi connectivity index (χ1v) is 9.99. The zero-order chi connectivity index (χ0) is 21.1. The molecule has 0 heterocycles. The van der Waals surface area contributed by atoms with E-state index in [1.807, 2.05) is 18.2 Å². The smallest absolute Gasteiger partial charge is 0.203 e. The number of hydrogen-bond acceptors (Lipinski definition) is 4. The molecule has 1 unspecified atom stereocenters. The number of guanidine groups is 1. The van der Waals surface area contributed by atoms with Crippen LogP contribution in [0.2, 0.25) is 0 Å². The third-order valence-electron chi connectivity index (χ3n) is 4.63. The van der Waals surface area contributed by atoms with Crippen molar-refractivity contribution in [2.75, 3.05) is 27.9 Å². The van der Waals surface area contributed by atoms with Gasteiger partial charge in [0.05, 0.1) is 27.9 Å². The highest BCUT2D eigenvalue weighted by atomic mass is 127. The minimum Gasteiger partial charge on any atom is -0.493 e. The maximum absolute atomic E-state index is 5.56. The van der Waals surface area contributed by atoms with Crippen molar-refractivity contribution in [1.29, 1.82) is 0 Å². The Labute approximate surface area is 197 Å². The molecule has 0 saturated carbocycles. The summed E-state index contributed by atoms with van der Waals surface area (Å²) >= 11 is 0. The van der Waals surface area contributed by atoms with Crippen LogP contribution in [0.3, 0.4) is 0 Å². The SMILES string of the molecule is CCNC(=NCc1ccc(OC)c(OC)c1OC)NC(C)CCc1ccccc1.I. The van der Waals surface area contributed by atoms with Crippen molar-refractivity contribution in [2.24, 2.45) is 4.99 Å². The fourth-order valence-corrected chi connectivity index (χ4v) is 3.11. The Bertz CT molecular complexity index is 785. The van der Waals surface area contributed by atoms with Gasteiger partial charge in [-0.05, 0) is 44.4 Å². The molecule has 0 aliphatic carbocycles. The molecule has 2 N–H and O–H groups in total. The molecule has 30 heavy (non-hydrogen) atoms. The summed E-state index contributed by atoms with van der Waals surface area (Å²) in [6.07, 6.45) is 2.05. The molecule has 2 rings (SSSR count). The second kappa shape index (κ2) is 14.0. The van der Waals surface area contributed by atoms with E-state index in [2.05, 4.69) is 48.7 Å². The van der Waals surface area contributed by atoms with Crippen LogP contribution in [0.25, 0.3) is 0 Å². The number of nitrogens with zero attached hydrogens (tertiary/aromatic N) is 1. The van der Waals surface area contributed by atoms with Gasteiger partial charge >= 0.3 is 0 Å². The van der Waals surface area contributed by atoms with E-state index in [4.69, 9.17) is 19.2 Å². The van der Waals surface area contributed by atoms with E-state index in [0.717, 1.165) is 30.9 Å². The maximum atomic E-state index is 5.56. The molecular weight excluding hydrogens is 493 g/mol. The van der Waals surface area contributed by atoms with Crippen molar-refractivity contribution in [3.8, 4) is 17.2 Å². The summed E-state index contributed by atoms with van der Waals surface area (Å²) in [5.41, 5.74) is 2.28. The van der Waals surface area contributed by atoms with Gasteiger partial charge in [0, 0.05) is 18.2 Å². The van der Waals surface area contributed by atoms with Gasteiger partial charge in [-0.2, -0.15) is 0 Å². The van der Waals surface area contributed by atoms with Crippen LogP contribution < -0.4 is 24.8 Å². The van der Waals surface area contributed by atoms with Crippen molar-refractivity contribution in [1.82, 2.24) is 10.6 Å². The third kappa shape index (κ3) is 7.59. The summed E-state index contributed by atoms with van der Waals surface area (Å²) in [6.45, 7) is 5.49. The number of aryl methyl sites for hydroxylation is 1. The average molecular weight is 527 g/mol. The number of ether oxygens (including phenoxy) is 3.